The molecule has 110 valence electrons. The number of fused-ring (bicyclic) bond motifs is 3. The van der Waals surface area contributed by atoms with E-state index in [9.17, 15) is 9.59 Å². The highest BCUT2D eigenvalue weighted by Gasteiger charge is 2.31. The molecule has 0 aromatic carbocycles. The summed E-state index contributed by atoms with van der Waals surface area (Å²) in [6, 6.07) is 0.211. The summed E-state index contributed by atoms with van der Waals surface area (Å²) in [5, 5.41) is 10.2. The summed E-state index contributed by atoms with van der Waals surface area (Å²) in [4.78, 5) is 30.4. The average Bonchev–Trinajstić information content (AvgIpc) is 3.04. The Morgan fingerprint density at radius 2 is 2.24 bits per heavy atom. The van der Waals surface area contributed by atoms with Crippen LogP contribution in [0, 0.1) is 0 Å². The first-order valence-electron chi connectivity index (χ1n) is 7.06. The number of thioether (sulfide) groups is 1. The van der Waals surface area contributed by atoms with Crippen molar-refractivity contribution >= 4 is 39.3 Å². The topological polar surface area (TPSA) is 72.2 Å². The Labute approximate surface area is 129 Å². The Hall–Kier alpha value is -1.34. The molecule has 7 heteroatoms. The molecular weight excluding hydrogens is 308 g/mol. The Balaban J connectivity index is 1.91. The lowest BCUT2D eigenvalue weighted by Gasteiger charge is -2.10. The minimum absolute atomic E-state index is 0.0368. The highest BCUT2D eigenvalue weighted by atomic mass is 32.2. The van der Waals surface area contributed by atoms with Crippen molar-refractivity contribution in [1.29, 1.82) is 0 Å². The fraction of sp³-hybridized carbons (Fsp3) is 0.500. The van der Waals surface area contributed by atoms with Gasteiger partial charge in [0.2, 0.25) is 0 Å². The van der Waals surface area contributed by atoms with E-state index in [1.165, 1.54) is 10.4 Å². The third-order valence-electron chi connectivity index (χ3n) is 3.98. The van der Waals surface area contributed by atoms with Crippen molar-refractivity contribution in [2.24, 2.45) is 0 Å². The molecule has 0 unspecified atom stereocenters. The second-order valence-corrected chi connectivity index (χ2v) is 7.55. The third-order valence-corrected chi connectivity index (χ3v) is 6.10. The summed E-state index contributed by atoms with van der Waals surface area (Å²) in [5.41, 5.74) is 1.23. The summed E-state index contributed by atoms with van der Waals surface area (Å²) in [5.74, 6) is -0.944. The van der Waals surface area contributed by atoms with Crippen LogP contribution < -0.4 is 5.56 Å². The molecule has 2 aromatic heterocycles. The number of carboxylic acids is 1. The maximum Gasteiger partial charge on any atom is 0.313 e. The van der Waals surface area contributed by atoms with Crippen molar-refractivity contribution in [1.82, 2.24) is 9.55 Å². The molecule has 2 aromatic rings. The van der Waals surface area contributed by atoms with Crippen molar-refractivity contribution in [3.63, 3.8) is 0 Å². The van der Waals surface area contributed by atoms with Crippen LogP contribution in [-0.4, -0.2) is 26.4 Å². The van der Waals surface area contributed by atoms with Crippen LogP contribution in [0.5, 0.6) is 0 Å². The van der Waals surface area contributed by atoms with Gasteiger partial charge < -0.3 is 5.11 Å². The van der Waals surface area contributed by atoms with Crippen LogP contribution in [0.3, 0.4) is 0 Å². The number of aryl methyl sites for hydroxylation is 2. The molecule has 21 heavy (non-hydrogen) atoms. The average molecular weight is 322 g/mol. The molecule has 0 saturated heterocycles. The fourth-order valence-electron chi connectivity index (χ4n) is 2.92. The molecule has 0 atom stereocenters. The van der Waals surface area contributed by atoms with Gasteiger partial charge in [-0.3, -0.25) is 14.2 Å². The first-order valence-corrected chi connectivity index (χ1v) is 8.86. The number of carbonyl (C=O) groups is 1. The lowest BCUT2D eigenvalue weighted by atomic mass is 10.2. The van der Waals surface area contributed by atoms with E-state index in [4.69, 9.17) is 5.11 Å². The van der Waals surface area contributed by atoms with Crippen LogP contribution in [0.15, 0.2) is 9.95 Å². The molecule has 2 aliphatic rings. The van der Waals surface area contributed by atoms with Crippen LogP contribution in [0.1, 0.15) is 35.7 Å². The number of rotatable bonds is 4. The molecule has 2 heterocycles. The van der Waals surface area contributed by atoms with Gasteiger partial charge in [-0.05, 0) is 37.7 Å². The second kappa shape index (κ2) is 4.84. The first-order chi connectivity index (χ1) is 10.1. The fourth-order valence-corrected chi connectivity index (χ4v) is 5.01. The van der Waals surface area contributed by atoms with Crippen molar-refractivity contribution in [3.05, 3.63) is 20.8 Å². The molecule has 0 radical (unpaired) electrons. The number of hydrogen-bond donors (Lipinski definition) is 1. The van der Waals surface area contributed by atoms with Crippen LogP contribution >= 0.6 is 23.1 Å². The molecule has 4 rings (SSSR count). The van der Waals surface area contributed by atoms with E-state index in [0.29, 0.717) is 5.16 Å². The number of aromatic nitrogens is 2. The summed E-state index contributed by atoms with van der Waals surface area (Å²) in [7, 11) is 0. The summed E-state index contributed by atoms with van der Waals surface area (Å²) in [6.45, 7) is 0. The lowest BCUT2D eigenvalue weighted by molar-refractivity contribution is -0.133. The first kappa shape index (κ1) is 13.3. The zero-order valence-electron chi connectivity index (χ0n) is 11.3. The van der Waals surface area contributed by atoms with Gasteiger partial charge in [-0.1, -0.05) is 11.8 Å². The number of carboxylic acid groups (broad SMARTS) is 1. The molecule has 2 aliphatic carbocycles. The van der Waals surface area contributed by atoms with Gasteiger partial charge in [-0.2, -0.15) is 0 Å². The van der Waals surface area contributed by atoms with E-state index in [1.54, 1.807) is 15.9 Å². The van der Waals surface area contributed by atoms with Crippen LogP contribution in [0.2, 0.25) is 0 Å². The van der Waals surface area contributed by atoms with E-state index in [2.05, 4.69) is 4.98 Å². The van der Waals surface area contributed by atoms with Crippen molar-refractivity contribution in [2.75, 3.05) is 5.75 Å². The summed E-state index contributed by atoms with van der Waals surface area (Å²) in [6.07, 6.45) is 5.10. The molecule has 1 saturated carbocycles. The van der Waals surface area contributed by atoms with Gasteiger partial charge in [-0.25, -0.2) is 4.98 Å². The molecule has 0 amide bonds. The molecule has 1 fully saturated rings. The largest absolute Gasteiger partial charge is 0.481 e. The summed E-state index contributed by atoms with van der Waals surface area (Å²) < 4.78 is 1.74. The van der Waals surface area contributed by atoms with Crippen LogP contribution in [0.4, 0.5) is 0 Å². The predicted octanol–water partition coefficient (Wildman–Crippen LogP) is 2.46. The Bertz CT molecular complexity index is 805. The van der Waals surface area contributed by atoms with Crippen LogP contribution in [0.25, 0.3) is 10.2 Å². The molecule has 0 aliphatic heterocycles. The van der Waals surface area contributed by atoms with Gasteiger partial charge in [0.15, 0.2) is 5.16 Å². The summed E-state index contributed by atoms with van der Waals surface area (Å²) >= 11 is 2.76. The van der Waals surface area contributed by atoms with Crippen molar-refractivity contribution in [3.8, 4) is 0 Å². The maximum absolute atomic E-state index is 12.9. The zero-order valence-corrected chi connectivity index (χ0v) is 12.9. The van der Waals surface area contributed by atoms with Gasteiger partial charge in [0.05, 0.1) is 11.1 Å². The minimum atomic E-state index is -0.884. The lowest BCUT2D eigenvalue weighted by Crippen LogP contribution is -2.23. The van der Waals surface area contributed by atoms with Gasteiger partial charge in [0, 0.05) is 10.9 Å². The van der Waals surface area contributed by atoms with Gasteiger partial charge in [0.1, 0.15) is 4.83 Å². The molecule has 5 nitrogen and oxygen atoms in total. The third kappa shape index (κ3) is 2.19. The van der Waals surface area contributed by atoms with Gasteiger partial charge in [0.25, 0.3) is 5.56 Å². The van der Waals surface area contributed by atoms with E-state index in [-0.39, 0.29) is 17.4 Å². The van der Waals surface area contributed by atoms with Crippen LogP contribution in [-0.2, 0) is 17.6 Å². The number of nitrogens with zero attached hydrogens (tertiary/aromatic N) is 2. The van der Waals surface area contributed by atoms with E-state index >= 15 is 0 Å². The van der Waals surface area contributed by atoms with E-state index in [0.717, 1.165) is 54.1 Å². The molecule has 0 bridgehead atoms. The van der Waals surface area contributed by atoms with E-state index < -0.39 is 5.97 Å². The maximum atomic E-state index is 12.9. The normalized spacial score (nSPS) is 17.3. The number of aliphatic carboxylic acids is 1. The number of thiophene rings is 1. The molecular formula is C14H14N2O3S2. The molecule has 1 N–H and O–H groups in total. The van der Waals surface area contributed by atoms with Gasteiger partial charge in [-0.15, -0.1) is 11.3 Å². The highest BCUT2D eigenvalue weighted by Crippen LogP contribution is 2.40. The highest BCUT2D eigenvalue weighted by molar-refractivity contribution is 7.99. The van der Waals surface area contributed by atoms with Gasteiger partial charge >= 0.3 is 5.97 Å². The SMILES string of the molecule is O=C(O)CSc1nc2sc3c(c2c(=O)n1C1CC1)CCC3. The Kier molecular flexibility index (Phi) is 3.08. The molecule has 0 spiro atoms. The monoisotopic (exact) mass is 322 g/mol. The Morgan fingerprint density at radius 1 is 1.43 bits per heavy atom. The zero-order chi connectivity index (χ0) is 14.6. The van der Waals surface area contributed by atoms with Crippen molar-refractivity contribution < 1.29 is 9.90 Å². The minimum Gasteiger partial charge on any atom is -0.481 e. The number of hydrogen-bond acceptors (Lipinski definition) is 5. The second-order valence-electron chi connectivity index (χ2n) is 5.52. The quantitative estimate of drug-likeness (QED) is 0.691. The smallest absolute Gasteiger partial charge is 0.313 e. The van der Waals surface area contributed by atoms with E-state index in [1.807, 2.05) is 0 Å². The Morgan fingerprint density at radius 3 is 2.95 bits per heavy atom. The predicted molar refractivity (Wildman–Crippen MR) is 82.5 cm³/mol. The standard InChI is InChI=1S/C14H14N2O3S2/c17-10(18)6-20-14-15-12-11(8-2-1-3-9(8)21-12)13(19)16(14)7-4-5-7/h7H,1-6H2,(H,17,18). The van der Waals surface area contributed by atoms with Crippen molar-refractivity contribution in [2.45, 2.75) is 43.3 Å².